The lowest BCUT2D eigenvalue weighted by molar-refractivity contribution is -0.138. The summed E-state index contributed by atoms with van der Waals surface area (Å²) in [6, 6.07) is 0. The van der Waals surface area contributed by atoms with E-state index < -0.39 is 5.97 Å². The van der Waals surface area contributed by atoms with Crippen LogP contribution >= 0.6 is 0 Å². The second-order valence-corrected chi connectivity index (χ2v) is 4.13. The molecule has 0 saturated carbocycles. The molecule has 1 heterocycles. The molecular weight excluding hydrogens is 198 g/mol. The second-order valence-electron chi connectivity index (χ2n) is 4.13. The van der Waals surface area contributed by atoms with Crippen molar-refractivity contribution in [2.75, 3.05) is 13.1 Å². The number of likely N-dealkylation sites (tertiary alicyclic amines) is 1. The molecule has 0 aromatic carbocycles. The van der Waals surface area contributed by atoms with E-state index in [9.17, 15) is 9.59 Å². The van der Waals surface area contributed by atoms with Gasteiger partial charge in [-0.1, -0.05) is 0 Å². The van der Waals surface area contributed by atoms with Gasteiger partial charge in [0.2, 0.25) is 0 Å². The monoisotopic (exact) mass is 215 g/mol. The Bertz CT molecular complexity index is 252. The molecule has 0 bridgehead atoms. The Balaban J connectivity index is 2.35. The summed E-state index contributed by atoms with van der Waals surface area (Å²) in [5.74, 6) is -0.735. The number of nitrogens with zero attached hydrogens (tertiary/aromatic N) is 1. The summed E-state index contributed by atoms with van der Waals surface area (Å²) in [7, 11) is 0. The van der Waals surface area contributed by atoms with E-state index >= 15 is 0 Å². The van der Waals surface area contributed by atoms with Gasteiger partial charge < -0.3 is 14.7 Å². The molecule has 5 heteroatoms. The van der Waals surface area contributed by atoms with Crippen LogP contribution in [0.3, 0.4) is 0 Å². The predicted molar refractivity (Wildman–Crippen MR) is 53.5 cm³/mol. The van der Waals surface area contributed by atoms with Crippen molar-refractivity contribution in [3.8, 4) is 0 Å². The summed E-state index contributed by atoms with van der Waals surface area (Å²) < 4.78 is 5.03. The summed E-state index contributed by atoms with van der Waals surface area (Å²) in [6.07, 6.45) is 0.416. The molecule has 0 aromatic rings. The zero-order valence-corrected chi connectivity index (χ0v) is 9.10. The first-order chi connectivity index (χ1) is 6.99. The van der Waals surface area contributed by atoms with Crippen molar-refractivity contribution in [3.05, 3.63) is 0 Å². The first-order valence-corrected chi connectivity index (χ1v) is 5.16. The van der Waals surface area contributed by atoms with E-state index in [1.807, 2.05) is 0 Å². The summed E-state index contributed by atoms with van der Waals surface area (Å²) >= 11 is 0. The van der Waals surface area contributed by atoms with Crippen molar-refractivity contribution >= 4 is 12.1 Å². The van der Waals surface area contributed by atoms with Gasteiger partial charge in [0.05, 0.1) is 6.10 Å². The third kappa shape index (κ3) is 3.77. The third-order valence-corrected chi connectivity index (χ3v) is 2.34. The van der Waals surface area contributed by atoms with E-state index in [2.05, 4.69) is 0 Å². The zero-order chi connectivity index (χ0) is 11.4. The van der Waals surface area contributed by atoms with E-state index in [1.165, 1.54) is 0 Å². The van der Waals surface area contributed by atoms with Gasteiger partial charge in [0, 0.05) is 19.5 Å². The highest BCUT2D eigenvalue weighted by Gasteiger charge is 2.28. The number of rotatable bonds is 3. The molecule has 1 unspecified atom stereocenters. The largest absolute Gasteiger partial charge is 0.481 e. The molecule has 0 aliphatic carbocycles. The summed E-state index contributed by atoms with van der Waals surface area (Å²) in [6.45, 7) is 4.69. The molecule has 0 radical (unpaired) electrons. The lowest BCUT2D eigenvalue weighted by Crippen LogP contribution is -2.31. The standard InChI is InChI=1S/C10H17NO4/c1-7(2)15-10(14)11-4-3-8(6-11)5-9(12)13/h7-8H,3-6H2,1-2H3,(H,12,13). The average Bonchev–Trinajstić information content (AvgIpc) is 2.50. The van der Waals surface area contributed by atoms with Gasteiger partial charge in [-0.15, -0.1) is 0 Å². The number of amides is 1. The topological polar surface area (TPSA) is 66.8 Å². The average molecular weight is 215 g/mol. The van der Waals surface area contributed by atoms with Gasteiger partial charge in [0.25, 0.3) is 0 Å². The Morgan fingerprint density at radius 3 is 2.73 bits per heavy atom. The van der Waals surface area contributed by atoms with Crippen LogP contribution in [0.15, 0.2) is 0 Å². The van der Waals surface area contributed by atoms with E-state index in [-0.39, 0.29) is 24.5 Å². The van der Waals surface area contributed by atoms with Crippen LogP contribution in [0.4, 0.5) is 4.79 Å². The van der Waals surface area contributed by atoms with Crippen molar-refractivity contribution in [2.24, 2.45) is 5.92 Å². The molecule has 15 heavy (non-hydrogen) atoms. The Hall–Kier alpha value is -1.26. The minimum absolute atomic E-state index is 0.0715. The number of aliphatic carboxylic acids is 1. The van der Waals surface area contributed by atoms with Gasteiger partial charge in [-0.05, 0) is 26.2 Å². The lowest BCUT2D eigenvalue weighted by atomic mass is 10.1. The maximum atomic E-state index is 11.4. The molecule has 1 fully saturated rings. The third-order valence-electron chi connectivity index (χ3n) is 2.34. The molecule has 1 amide bonds. The minimum Gasteiger partial charge on any atom is -0.481 e. The van der Waals surface area contributed by atoms with E-state index in [1.54, 1.807) is 18.7 Å². The van der Waals surface area contributed by atoms with Crippen LogP contribution in [0.25, 0.3) is 0 Å². The Labute approximate surface area is 89.0 Å². The Morgan fingerprint density at radius 1 is 1.53 bits per heavy atom. The SMILES string of the molecule is CC(C)OC(=O)N1CCC(CC(=O)O)C1. The molecule has 1 N–H and O–H groups in total. The highest BCUT2D eigenvalue weighted by molar-refractivity contribution is 5.69. The zero-order valence-electron chi connectivity index (χ0n) is 9.10. The molecule has 5 nitrogen and oxygen atoms in total. The maximum Gasteiger partial charge on any atom is 0.410 e. The van der Waals surface area contributed by atoms with Gasteiger partial charge in [0.1, 0.15) is 0 Å². The summed E-state index contributed by atoms with van der Waals surface area (Å²) in [4.78, 5) is 23.5. The number of ether oxygens (including phenoxy) is 1. The van der Waals surface area contributed by atoms with Crippen LogP contribution in [0, 0.1) is 5.92 Å². The van der Waals surface area contributed by atoms with E-state index in [0.29, 0.717) is 13.1 Å². The van der Waals surface area contributed by atoms with E-state index in [4.69, 9.17) is 9.84 Å². The maximum absolute atomic E-state index is 11.4. The fraction of sp³-hybridized carbons (Fsp3) is 0.800. The lowest BCUT2D eigenvalue weighted by Gasteiger charge is -2.17. The Kier molecular flexibility index (Phi) is 3.94. The highest BCUT2D eigenvalue weighted by atomic mass is 16.6. The Morgan fingerprint density at radius 2 is 2.20 bits per heavy atom. The van der Waals surface area contributed by atoms with Gasteiger partial charge in [-0.25, -0.2) is 4.79 Å². The molecular formula is C10H17NO4. The van der Waals surface area contributed by atoms with Crippen molar-refractivity contribution in [3.63, 3.8) is 0 Å². The molecule has 86 valence electrons. The second kappa shape index (κ2) is 5.00. The van der Waals surface area contributed by atoms with Gasteiger partial charge in [0.15, 0.2) is 0 Å². The molecule has 1 saturated heterocycles. The number of carboxylic acids is 1. The van der Waals surface area contributed by atoms with Crippen LogP contribution in [-0.4, -0.2) is 41.3 Å². The van der Waals surface area contributed by atoms with Gasteiger partial charge in [-0.3, -0.25) is 4.79 Å². The normalized spacial score (nSPS) is 20.7. The molecule has 1 rings (SSSR count). The summed E-state index contributed by atoms with van der Waals surface area (Å²) in [5.41, 5.74) is 0. The highest BCUT2D eigenvalue weighted by Crippen LogP contribution is 2.20. The fourth-order valence-electron chi connectivity index (χ4n) is 1.69. The smallest absolute Gasteiger partial charge is 0.410 e. The summed E-state index contributed by atoms with van der Waals surface area (Å²) in [5, 5.41) is 8.61. The number of hydrogen-bond donors (Lipinski definition) is 1. The van der Waals surface area contributed by atoms with Crippen LogP contribution in [0.2, 0.25) is 0 Å². The van der Waals surface area contributed by atoms with Crippen molar-refractivity contribution < 1.29 is 19.4 Å². The molecule has 1 aliphatic heterocycles. The molecule has 1 aliphatic rings. The van der Waals surface area contributed by atoms with Crippen LogP contribution in [-0.2, 0) is 9.53 Å². The first-order valence-electron chi connectivity index (χ1n) is 5.16. The van der Waals surface area contributed by atoms with E-state index in [0.717, 1.165) is 6.42 Å². The number of carboxylic acid groups (broad SMARTS) is 1. The minimum atomic E-state index is -0.806. The van der Waals surface area contributed by atoms with Gasteiger partial charge >= 0.3 is 12.1 Å². The van der Waals surface area contributed by atoms with Crippen molar-refractivity contribution in [2.45, 2.75) is 32.8 Å². The predicted octanol–water partition coefficient (Wildman–Crippen LogP) is 1.33. The van der Waals surface area contributed by atoms with Crippen LogP contribution < -0.4 is 0 Å². The van der Waals surface area contributed by atoms with Crippen LogP contribution in [0.5, 0.6) is 0 Å². The van der Waals surface area contributed by atoms with Gasteiger partial charge in [-0.2, -0.15) is 0 Å². The first kappa shape index (κ1) is 11.8. The van der Waals surface area contributed by atoms with Crippen molar-refractivity contribution in [1.82, 2.24) is 4.90 Å². The fourth-order valence-corrected chi connectivity index (χ4v) is 1.69. The molecule has 1 atom stereocenters. The molecule has 0 spiro atoms. The van der Waals surface area contributed by atoms with Crippen LogP contribution in [0.1, 0.15) is 26.7 Å². The quantitative estimate of drug-likeness (QED) is 0.771. The number of carbonyl (C=O) groups is 2. The number of carbonyl (C=O) groups excluding carboxylic acids is 1. The number of hydrogen-bond acceptors (Lipinski definition) is 3. The molecule has 0 aromatic heterocycles. The van der Waals surface area contributed by atoms with Crippen molar-refractivity contribution in [1.29, 1.82) is 0 Å².